The lowest BCUT2D eigenvalue weighted by atomic mass is 9.99. The minimum absolute atomic E-state index is 0.110. The normalized spacial score (nSPS) is 12.8. The van der Waals surface area contributed by atoms with E-state index in [4.69, 9.17) is 5.73 Å². The smallest absolute Gasteiger partial charge is 0.0761 e. The molecule has 0 saturated carbocycles. The second-order valence-electron chi connectivity index (χ2n) is 4.36. The van der Waals surface area contributed by atoms with Gasteiger partial charge in [-0.25, -0.2) is 0 Å². The largest absolute Gasteiger partial charge is 0.320 e. The molecule has 0 fully saturated rings. The van der Waals surface area contributed by atoms with Gasteiger partial charge in [0.2, 0.25) is 0 Å². The van der Waals surface area contributed by atoms with Crippen molar-refractivity contribution >= 4 is 54.0 Å². The number of thiophene rings is 1. The van der Waals surface area contributed by atoms with Crippen LogP contribution in [0.15, 0.2) is 56.1 Å². The zero-order valence-corrected chi connectivity index (χ0v) is 13.9. The van der Waals surface area contributed by atoms with Gasteiger partial charge in [0.1, 0.15) is 0 Å². The molecule has 0 amide bonds. The third-order valence-corrected chi connectivity index (χ3v) is 5.54. The standard InChI is InChI=1S/C15H11Br2NS/c16-13-8-12(15(17)19-13)14(18)11-6-5-9-3-1-2-4-10(9)7-11/h1-8,14H,18H2. The molecule has 2 aromatic carbocycles. The monoisotopic (exact) mass is 395 g/mol. The van der Waals surface area contributed by atoms with Crippen LogP contribution in [0.1, 0.15) is 17.2 Å². The number of nitrogens with two attached hydrogens (primary N) is 1. The summed E-state index contributed by atoms with van der Waals surface area (Å²) in [4.78, 5) is 0. The van der Waals surface area contributed by atoms with E-state index in [0.717, 1.165) is 18.7 Å². The fourth-order valence-electron chi connectivity index (χ4n) is 2.15. The highest BCUT2D eigenvalue weighted by Crippen LogP contribution is 2.37. The van der Waals surface area contributed by atoms with Crippen molar-refractivity contribution in [3.63, 3.8) is 0 Å². The molecule has 0 aliphatic carbocycles. The molecule has 0 spiro atoms. The van der Waals surface area contributed by atoms with E-state index in [0.29, 0.717) is 0 Å². The fourth-order valence-corrected chi connectivity index (χ4v) is 5.07. The average Bonchev–Trinajstić information content (AvgIpc) is 2.76. The SMILES string of the molecule is NC(c1ccc2ccccc2c1)c1cc(Br)sc1Br. The van der Waals surface area contributed by atoms with Crippen molar-refractivity contribution in [3.8, 4) is 0 Å². The lowest BCUT2D eigenvalue weighted by Crippen LogP contribution is -2.11. The molecule has 0 saturated heterocycles. The number of benzene rings is 2. The van der Waals surface area contributed by atoms with Crippen LogP contribution in [0.4, 0.5) is 0 Å². The average molecular weight is 397 g/mol. The van der Waals surface area contributed by atoms with Crippen molar-refractivity contribution in [1.82, 2.24) is 0 Å². The van der Waals surface area contributed by atoms with Gasteiger partial charge < -0.3 is 5.73 Å². The summed E-state index contributed by atoms with van der Waals surface area (Å²) in [6, 6.07) is 16.7. The van der Waals surface area contributed by atoms with Crippen molar-refractivity contribution in [2.45, 2.75) is 6.04 Å². The van der Waals surface area contributed by atoms with Crippen LogP contribution in [0.3, 0.4) is 0 Å². The number of fused-ring (bicyclic) bond motifs is 1. The molecular weight excluding hydrogens is 386 g/mol. The Kier molecular flexibility index (Phi) is 3.76. The van der Waals surface area contributed by atoms with E-state index in [-0.39, 0.29) is 6.04 Å². The summed E-state index contributed by atoms with van der Waals surface area (Å²) in [6.45, 7) is 0. The highest BCUT2D eigenvalue weighted by Gasteiger charge is 2.15. The summed E-state index contributed by atoms with van der Waals surface area (Å²) in [7, 11) is 0. The maximum absolute atomic E-state index is 6.38. The van der Waals surface area contributed by atoms with Gasteiger partial charge in [-0.2, -0.15) is 0 Å². The zero-order valence-electron chi connectivity index (χ0n) is 9.94. The predicted molar refractivity (Wildman–Crippen MR) is 89.7 cm³/mol. The van der Waals surface area contributed by atoms with E-state index < -0.39 is 0 Å². The molecule has 0 aliphatic rings. The Morgan fingerprint density at radius 2 is 1.68 bits per heavy atom. The molecule has 3 rings (SSSR count). The van der Waals surface area contributed by atoms with Gasteiger partial charge in [0.15, 0.2) is 0 Å². The van der Waals surface area contributed by atoms with Crippen LogP contribution in [0.5, 0.6) is 0 Å². The van der Waals surface area contributed by atoms with E-state index in [1.807, 2.05) is 0 Å². The molecule has 1 nitrogen and oxygen atoms in total. The van der Waals surface area contributed by atoms with E-state index in [1.54, 1.807) is 11.3 Å². The highest BCUT2D eigenvalue weighted by molar-refractivity contribution is 9.12. The molecule has 2 N–H and O–H groups in total. The van der Waals surface area contributed by atoms with Crippen LogP contribution in [-0.4, -0.2) is 0 Å². The van der Waals surface area contributed by atoms with Crippen LogP contribution < -0.4 is 5.73 Å². The molecule has 96 valence electrons. The topological polar surface area (TPSA) is 26.0 Å². The Morgan fingerprint density at radius 3 is 2.37 bits per heavy atom. The minimum atomic E-state index is -0.110. The maximum atomic E-state index is 6.38. The molecular formula is C15H11Br2NS. The molecule has 0 bridgehead atoms. The minimum Gasteiger partial charge on any atom is -0.320 e. The molecule has 1 heterocycles. The number of hydrogen-bond donors (Lipinski definition) is 1. The second kappa shape index (κ2) is 5.37. The van der Waals surface area contributed by atoms with Crippen molar-refractivity contribution < 1.29 is 0 Å². The number of rotatable bonds is 2. The van der Waals surface area contributed by atoms with Gasteiger partial charge >= 0.3 is 0 Å². The summed E-state index contributed by atoms with van der Waals surface area (Å²) in [5.74, 6) is 0. The van der Waals surface area contributed by atoms with Gasteiger partial charge in [-0.15, -0.1) is 11.3 Å². The summed E-state index contributed by atoms with van der Waals surface area (Å²) in [5, 5.41) is 2.46. The maximum Gasteiger partial charge on any atom is 0.0761 e. The van der Waals surface area contributed by atoms with Gasteiger partial charge in [-0.05, 0) is 65.9 Å². The first-order chi connectivity index (χ1) is 9.15. The van der Waals surface area contributed by atoms with E-state index in [1.165, 1.54) is 10.8 Å². The van der Waals surface area contributed by atoms with Crippen LogP contribution in [0, 0.1) is 0 Å². The molecule has 0 aliphatic heterocycles. The third-order valence-electron chi connectivity index (χ3n) is 3.15. The van der Waals surface area contributed by atoms with Crippen LogP contribution in [-0.2, 0) is 0 Å². The van der Waals surface area contributed by atoms with Crippen molar-refractivity contribution in [2.75, 3.05) is 0 Å². The molecule has 4 heteroatoms. The van der Waals surface area contributed by atoms with Crippen LogP contribution in [0.25, 0.3) is 10.8 Å². The summed E-state index contributed by atoms with van der Waals surface area (Å²) in [6.07, 6.45) is 0. The van der Waals surface area contributed by atoms with E-state index in [2.05, 4.69) is 80.4 Å². The quantitative estimate of drug-likeness (QED) is 0.610. The summed E-state index contributed by atoms with van der Waals surface area (Å²) in [5.41, 5.74) is 8.62. The molecule has 1 atom stereocenters. The Labute approximate surface area is 132 Å². The van der Waals surface area contributed by atoms with Gasteiger partial charge in [-0.3, -0.25) is 0 Å². The molecule has 0 radical (unpaired) electrons. The first kappa shape index (κ1) is 13.3. The zero-order chi connectivity index (χ0) is 13.4. The number of halogens is 2. The van der Waals surface area contributed by atoms with Gasteiger partial charge in [0, 0.05) is 0 Å². The van der Waals surface area contributed by atoms with E-state index >= 15 is 0 Å². The fraction of sp³-hybridized carbons (Fsp3) is 0.0667. The van der Waals surface area contributed by atoms with Gasteiger partial charge in [0.05, 0.1) is 13.6 Å². The lowest BCUT2D eigenvalue weighted by molar-refractivity contribution is 0.874. The Bertz CT molecular complexity index is 736. The molecule has 1 aromatic heterocycles. The summed E-state index contributed by atoms with van der Waals surface area (Å²) < 4.78 is 2.17. The van der Waals surface area contributed by atoms with Crippen molar-refractivity contribution in [3.05, 3.63) is 67.2 Å². The van der Waals surface area contributed by atoms with Crippen LogP contribution in [0.2, 0.25) is 0 Å². The predicted octanol–water partition coefficient (Wildman–Crippen LogP) is 5.47. The highest BCUT2D eigenvalue weighted by atomic mass is 79.9. The van der Waals surface area contributed by atoms with E-state index in [9.17, 15) is 0 Å². The Hall–Kier alpha value is -0.680. The van der Waals surface area contributed by atoms with Crippen molar-refractivity contribution in [1.29, 1.82) is 0 Å². The lowest BCUT2D eigenvalue weighted by Gasteiger charge is -2.12. The summed E-state index contributed by atoms with van der Waals surface area (Å²) >= 11 is 8.72. The third kappa shape index (κ3) is 2.63. The Balaban J connectivity index is 2.06. The molecule has 3 aromatic rings. The Morgan fingerprint density at radius 1 is 0.947 bits per heavy atom. The van der Waals surface area contributed by atoms with Gasteiger partial charge in [-0.1, -0.05) is 36.4 Å². The molecule has 19 heavy (non-hydrogen) atoms. The number of hydrogen-bond acceptors (Lipinski definition) is 2. The first-order valence-corrected chi connectivity index (χ1v) is 8.24. The van der Waals surface area contributed by atoms with Crippen LogP contribution >= 0.6 is 43.2 Å². The first-order valence-electron chi connectivity index (χ1n) is 5.84. The second-order valence-corrected chi connectivity index (χ2v) is 8.11. The van der Waals surface area contributed by atoms with Crippen molar-refractivity contribution in [2.24, 2.45) is 5.73 Å². The molecule has 1 unspecified atom stereocenters. The van der Waals surface area contributed by atoms with Gasteiger partial charge in [0.25, 0.3) is 0 Å².